The van der Waals surface area contributed by atoms with Crippen molar-refractivity contribution in [1.29, 1.82) is 0 Å². The monoisotopic (exact) mass is 329 g/mol. The number of rotatable bonds is 3. The maximum Gasteiger partial charge on any atom is 0.349 e. The lowest BCUT2D eigenvalue weighted by molar-refractivity contribution is 0.0606. The number of hydrogen-bond acceptors (Lipinski definition) is 6. The fourth-order valence-corrected chi connectivity index (χ4v) is 2.81. The topological polar surface area (TPSA) is 101 Å². The largest absolute Gasteiger partial charge is 0.465 e. The van der Waals surface area contributed by atoms with E-state index in [2.05, 4.69) is 20.0 Å². The number of amides is 1. The average Bonchev–Trinajstić information content (AvgIpc) is 3.01. The number of H-pyrrole nitrogens is 1. The van der Waals surface area contributed by atoms with Crippen molar-refractivity contribution in [2.24, 2.45) is 0 Å². The van der Waals surface area contributed by atoms with Crippen LogP contribution in [0, 0.1) is 0 Å². The number of pyridine rings is 1. The number of anilines is 1. The Morgan fingerprint density at radius 1 is 1.30 bits per heavy atom. The molecule has 23 heavy (non-hydrogen) atoms. The van der Waals surface area contributed by atoms with Crippen molar-refractivity contribution in [2.45, 2.75) is 0 Å². The number of aromatic nitrogens is 2. The first-order valence-electron chi connectivity index (χ1n) is 6.56. The molecule has 2 N–H and O–H groups in total. The number of thiazole rings is 1. The molecule has 7 nitrogen and oxygen atoms in total. The molecule has 0 spiro atoms. The van der Waals surface area contributed by atoms with Crippen LogP contribution in [0.1, 0.15) is 20.0 Å². The van der Waals surface area contributed by atoms with Crippen molar-refractivity contribution in [2.75, 3.05) is 12.4 Å². The van der Waals surface area contributed by atoms with Crippen LogP contribution in [0.25, 0.3) is 10.9 Å². The smallest absolute Gasteiger partial charge is 0.349 e. The van der Waals surface area contributed by atoms with Gasteiger partial charge in [-0.3, -0.25) is 14.9 Å². The molecular formula is C15H11N3O4S. The van der Waals surface area contributed by atoms with Crippen molar-refractivity contribution in [3.05, 3.63) is 57.3 Å². The summed E-state index contributed by atoms with van der Waals surface area (Å²) in [4.78, 5) is 42.4. The van der Waals surface area contributed by atoms with Gasteiger partial charge in [-0.15, -0.1) is 0 Å². The molecule has 3 aromatic rings. The SMILES string of the molecule is COC(=O)c1cnc(NC(=O)c2cc(=O)[nH]c3ccccc23)s1. The maximum absolute atomic E-state index is 12.4. The molecule has 1 aromatic carbocycles. The minimum atomic E-state index is -0.524. The van der Waals surface area contributed by atoms with Gasteiger partial charge in [-0.25, -0.2) is 9.78 Å². The first kappa shape index (κ1) is 14.9. The predicted octanol–water partition coefficient (Wildman–Crippen LogP) is 2.02. The molecule has 2 aromatic heterocycles. The second-order valence-corrected chi connectivity index (χ2v) is 5.60. The van der Waals surface area contributed by atoms with Gasteiger partial charge in [-0.2, -0.15) is 0 Å². The maximum atomic E-state index is 12.4. The summed E-state index contributed by atoms with van der Waals surface area (Å²) in [5.74, 6) is -0.998. The Kier molecular flexibility index (Phi) is 3.90. The van der Waals surface area contributed by atoms with Gasteiger partial charge in [0, 0.05) is 17.0 Å². The summed E-state index contributed by atoms with van der Waals surface area (Å²) in [6.07, 6.45) is 1.32. The van der Waals surface area contributed by atoms with E-state index < -0.39 is 11.9 Å². The summed E-state index contributed by atoms with van der Waals surface area (Å²) >= 11 is 0.995. The Morgan fingerprint density at radius 3 is 2.87 bits per heavy atom. The second kappa shape index (κ2) is 6.01. The number of nitrogens with one attached hydrogen (secondary N) is 2. The number of fused-ring (bicyclic) bond motifs is 1. The first-order chi connectivity index (χ1) is 11.1. The summed E-state index contributed by atoms with van der Waals surface area (Å²) in [5, 5.41) is 3.45. The van der Waals surface area contributed by atoms with Crippen LogP contribution in [0.4, 0.5) is 5.13 Å². The number of nitrogens with zero attached hydrogens (tertiary/aromatic N) is 1. The van der Waals surface area contributed by atoms with E-state index in [-0.39, 0.29) is 21.1 Å². The van der Waals surface area contributed by atoms with Crippen LogP contribution in [0.2, 0.25) is 0 Å². The number of hydrogen-bond donors (Lipinski definition) is 2. The third kappa shape index (κ3) is 2.97. The first-order valence-corrected chi connectivity index (χ1v) is 7.37. The number of methoxy groups -OCH3 is 1. The predicted molar refractivity (Wildman–Crippen MR) is 86.0 cm³/mol. The van der Waals surface area contributed by atoms with Crippen LogP contribution in [0.3, 0.4) is 0 Å². The van der Waals surface area contributed by atoms with E-state index in [1.165, 1.54) is 19.4 Å². The Balaban J connectivity index is 1.93. The molecule has 0 atom stereocenters. The zero-order valence-electron chi connectivity index (χ0n) is 12.0. The molecule has 3 rings (SSSR count). The van der Waals surface area contributed by atoms with Gasteiger partial charge in [0.2, 0.25) is 5.56 Å². The minimum Gasteiger partial charge on any atom is -0.465 e. The van der Waals surface area contributed by atoms with E-state index in [4.69, 9.17) is 0 Å². The number of ether oxygens (including phenoxy) is 1. The van der Waals surface area contributed by atoms with E-state index in [1.807, 2.05) is 0 Å². The Bertz CT molecular complexity index is 961. The fourth-order valence-electron chi connectivity index (χ4n) is 2.08. The highest BCUT2D eigenvalue weighted by Crippen LogP contribution is 2.21. The molecule has 0 saturated heterocycles. The third-order valence-electron chi connectivity index (χ3n) is 3.11. The quantitative estimate of drug-likeness (QED) is 0.716. The Hall–Kier alpha value is -3.00. The molecule has 0 aliphatic carbocycles. The van der Waals surface area contributed by atoms with Gasteiger partial charge < -0.3 is 9.72 Å². The van der Waals surface area contributed by atoms with E-state index in [0.717, 1.165) is 11.3 Å². The van der Waals surface area contributed by atoms with Crippen LogP contribution < -0.4 is 10.9 Å². The Morgan fingerprint density at radius 2 is 2.09 bits per heavy atom. The summed E-state index contributed by atoms with van der Waals surface area (Å²) in [7, 11) is 1.27. The van der Waals surface area contributed by atoms with Crippen LogP contribution in [-0.2, 0) is 4.74 Å². The van der Waals surface area contributed by atoms with Crippen molar-refractivity contribution in [3.8, 4) is 0 Å². The lowest BCUT2D eigenvalue weighted by atomic mass is 10.1. The lowest BCUT2D eigenvalue weighted by Crippen LogP contribution is -2.16. The number of esters is 1. The molecule has 8 heteroatoms. The summed E-state index contributed by atoms with van der Waals surface area (Å²) in [5.41, 5.74) is 0.432. The standard InChI is InChI=1S/C15H11N3O4S/c1-22-14(21)11-7-16-15(23-11)18-13(20)9-6-12(19)17-10-5-3-2-4-8(9)10/h2-7H,1H3,(H,17,19)(H,16,18,20). The van der Waals surface area contributed by atoms with Gasteiger partial charge >= 0.3 is 5.97 Å². The molecule has 0 aliphatic rings. The normalized spacial score (nSPS) is 10.5. The third-order valence-corrected chi connectivity index (χ3v) is 4.00. The molecule has 1 amide bonds. The molecule has 2 heterocycles. The highest BCUT2D eigenvalue weighted by molar-refractivity contribution is 7.17. The number of para-hydroxylation sites is 1. The van der Waals surface area contributed by atoms with E-state index >= 15 is 0 Å². The molecule has 116 valence electrons. The molecule has 0 aliphatic heterocycles. The molecule has 0 unspecified atom stereocenters. The second-order valence-electron chi connectivity index (χ2n) is 4.57. The molecule has 0 bridgehead atoms. The van der Waals surface area contributed by atoms with E-state index in [1.54, 1.807) is 24.3 Å². The van der Waals surface area contributed by atoms with Gasteiger partial charge in [0.05, 0.1) is 18.9 Å². The summed E-state index contributed by atoms with van der Waals surface area (Å²) < 4.78 is 4.59. The highest BCUT2D eigenvalue weighted by atomic mass is 32.1. The van der Waals surface area contributed by atoms with E-state index in [0.29, 0.717) is 10.9 Å². The molecule has 0 radical (unpaired) electrons. The van der Waals surface area contributed by atoms with Crippen molar-refractivity contribution in [1.82, 2.24) is 9.97 Å². The van der Waals surface area contributed by atoms with Crippen LogP contribution in [0.15, 0.2) is 41.3 Å². The number of carbonyl (C=O) groups is 2. The van der Waals surface area contributed by atoms with Gasteiger partial charge in [0.25, 0.3) is 5.91 Å². The van der Waals surface area contributed by atoms with Gasteiger partial charge in [0.15, 0.2) is 5.13 Å². The van der Waals surface area contributed by atoms with Crippen LogP contribution in [-0.4, -0.2) is 29.0 Å². The van der Waals surface area contributed by atoms with Crippen molar-refractivity contribution in [3.63, 3.8) is 0 Å². The van der Waals surface area contributed by atoms with Gasteiger partial charge in [-0.1, -0.05) is 29.5 Å². The number of aromatic amines is 1. The molecular weight excluding hydrogens is 318 g/mol. The Labute approximate surface area is 133 Å². The number of benzene rings is 1. The number of carbonyl (C=O) groups excluding carboxylic acids is 2. The highest BCUT2D eigenvalue weighted by Gasteiger charge is 2.15. The zero-order valence-corrected chi connectivity index (χ0v) is 12.8. The van der Waals surface area contributed by atoms with Crippen molar-refractivity contribution >= 4 is 39.2 Å². The zero-order chi connectivity index (χ0) is 16.4. The van der Waals surface area contributed by atoms with E-state index in [9.17, 15) is 14.4 Å². The minimum absolute atomic E-state index is 0.235. The van der Waals surface area contributed by atoms with Crippen LogP contribution >= 0.6 is 11.3 Å². The molecule has 0 fully saturated rings. The molecule has 0 saturated carbocycles. The summed E-state index contributed by atoms with van der Waals surface area (Å²) in [6.45, 7) is 0. The lowest BCUT2D eigenvalue weighted by Gasteiger charge is -2.05. The van der Waals surface area contributed by atoms with Crippen LogP contribution in [0.5, 0.6) is 0 Å². The van der Waals surface area contributed by atoms with Gasteiger partial charge in [-0.05, 0) is 6.07 Å². The fraction of sp³-hybridized carbons (Fsp3) is 0.0667. The van der Waals surface area contributed by atoms with Gasteiger partial charge in [0.1, 0.15) is 4.88 Å². The average molecular weight is 329 g/mol. The van der Waals surface area contributed by atoms with Crippen molar-refractivity contribution < 1.29 is 14.3 Å². The summed E-state index contributed by atoms with van der Waals surface area (Å²) in [6, 6.07) is 8.22.